The van der Waals surface area contributed by atoms with Gasteiger partial charge in [0.15, 0.2) is 6.10 Å². The van der Waals surface area contributed by atoms with Crippen LogP contribution in [0.5, 0.6) is 0 Å². The van der Waals surface area contributed by atoms with Crippen molar-refractivity contribution in [2.24, 2.45) is 0 Å². The van der Waals surface area contributed by atoms with E-state index in [0.717, 1.165) is 0 Å². The number of carbonyl (C=O) groups is 1. The highest BCUT2D eigenvalue weighted by Crippen LogP contribution is 2.23. The molecule has 8 heteroatoms. The minimum absolute atomic E-state index is 0.144. The van der Waals surface area contributed by atoms with E-state index in [0.29, 0.717) is 15.6 Å². The number of pyridine rings is 1. The molecule has 0 N–H and O–H groups in total. The Bertz CT molecular complexity index is 867. The van der Waals surface area contributed by atoms with Gasteiger partial charge in [0.2, 0.25) is 5.89 Å². The number of nitrogens with zero attached hydrogens (tertiary/aromatic N) is 3. The lowest BCUT2D eigenvalue weighted by Gasteiger charge is -2.09. The minimum atomic E-state index is -0.738. The van der Waals surface area contributed by atoms with E-state index in [2.05, 4.69) is 31.1 Å². The standard InChI is InChI=1S/C16H11BrFN3O3/c1-9(23-16(22)11-6-12(17)8-19-7-11)14-20-21-15(24-14)10-2-4-13(18)5-3-10/h2-9H,1H3/t9-/m1/s1. The highest BCUT2D eigenvalue weighted by Gasteiger charge is 2.20. The van der Waals surface area contributed by atoms with Gasteiger partial charge in [-0.3, -0.25) is 4.98 Å². The average molecular weight is 392 g/mol. The first-order valence-electron chi connectivity index (χ1n) is 6.94. The van der Waals surface area contributed by atoms with Crippen LogP contribution in [-0.2, 0) is 4.74 Å². The smallest absolute Gasteiger partial charge is 0.340 e. The third-order valence-corrected chi connectivity index (χ3v) is 3.54. The van der Waals surface area contributed by atoms with E-state index >= 15 is 0 Å². The maximum absolute atomic E-state index is 12.9. The number of ether oxygens (including phenoxy) is 1. The van der Waals surface area contributed by atoms with Crippen LogP contribution in [0.2, 0.25) is 0 Å². The fourth-order valence-corrected chi connectivity index (χ4v) is 2.28. The summed E-state index contributed by atoms with van der Waals surface area (Å²) in [7, 11) is 0. The molecule has 3 aromatic rings. The molecule has 0 amide bonds. The maximum atomic E-state index is 12.9. The molecule has 0 fully saturated rings. The van der Waals surface area contributed by atoms with E-state index in [9.17, 15) is 9.18 Å². The number of hydrogen-bond donors (Lipinski definition) is 0. The highest BCUT2D eigenvalue weighted by molar-refractivity contribution is 9.10. The molecule has 0 aliphatic rings. The normalized spacial score (nSPS) is 12.0. The molecule has 24 heavy (non-hydrogen) atoms. The number of hydrogen-bond acceptors (Lipinski definition) is 6. The first-order valence-corrected chi connectivity index (χ1v) is 7.73. The molecule has 3 rings (SSSR count). The summed E-state index contributed by atoms with van der Waals surface area (Å²) in [4.78, 5) is 16.0. The summed E-state index contributed by atoms with van der Waals surface area (Å²) in [6.07, 6.45) is 2.23. The van der Waals surface area contributed by atoms with Crippen molar-refractivity contribution in [3.8, 4) is 11.5 Å². The molecule has 0 unspecified atom stereocenters. The largest absolute Gasteiger partial charge is 0.449 e. The van der Waals surface area contributed by atoms with Crippen LogP contribution in [0.15, 0.2) is 51.6 Å². The molecule has 0 saturated heterocycles. The van der Waals surface area contributed by atoms with Crippen molar-refractivity contribution in [1.29, 1.82) is 0 Å². The van der Waals surface area contributed by atoms with E-state index in [-0.39, 0.29) is 17.6 Å². The SMILES string of the molecule is C[C@@H](OC(=O)c1cncc(Br)c1)c1nnc(-c2ccc(F)cc2)o1. The van der Waals surface area contributed by atoms with E-state index in [4.69, 9.17) is 9.15 Å². The Morgan fingerprint density at radius 2 is 2.00 bits per heavy atom. The van der Waals surface area contributed by atoms with Crippen molar-refractivity contribution >= 4 is 21.9 Å². The van der Waals surface area contributed by atoms with Crippen molar-refractivity contribution in [3.05, 3.63) is 64.5 Å². The number of carbonyl (C=O) groups excluding carboxylic acids is 1. The maximum Gasteiger partial charge on any atom is 0.340 e. The van der Waals surface area contributed by atoms with E-state index in [1.54, 1.807) is 19.2 Å². The molecule has 2 aromatic heterocycles. The highest BCUT2D eigenvalue weighted by atomic mass is 79.9. The molecule has 0 spiro atoms. The van der Waals surface area contributed by atoms with Gasteiger partial charge < -0.3 is 9.15 Å². The number of aromatic nitrogens is 3. The topological polar surface area (TPSA) is 78.1 Å². The zero-order valence-corrected chi connectivity index (χ0v) is 14.0. The lowest BCUT2D eigenvalue weighted by atomic mass is 10.2. The molecule has 1 atom stereocenters. The van der Waals surface area contributed by atoms with E-state index < -0.39 is 12.1 Å². The second-order valence-corrected chi connectivity index (χ2v) is 5.81. The lowest BCUT2D eigenvalue weighted by molar-refractivity contribution is 0.0279. The zero-order valence-electron chi connectivity index (χ0n) is 12.4. The number of benzene rings is 1. The molecule has 0 radical (unpaired) electrons. The fraction of sp³-hybridized carbons (Fsp3) is 0.125. The molecule has 2 heterocycles. The monoisotopic (exact) mass is 391 g/mol. The molecule has 0 aliphatic carbocycles. The fourth-order valence-electron chi connectivity index (χ4n) is 1.91. The summed E-state index contributed by atoms with van der Waals surface area (Å²) in [5.74, 6) is -0.552. The van der Waals surface area contributed by atoms with Crippen LogP contribution < -0.4 is 0 Å². The molecule has 1 aromatic carbocycles. The van der Waals surface area contributed by atoms with Gasteiger partial charge in [-0.15, -0.1) is 10.2 Å². The van der Waals surface area contributed by atoms with Crippen molar-refractivity contribution in [1.82, 2.24) is 15.2 Å². The number of halogens is 2. The Kier molecular flexibility index (Phi) is 4.66. The van der Waals surface area contributed by atoms with Crippen molar-refractivity contribution in [2.75, 3.05) is 0 Å². The van der Waals surface area contributed by atoms with Gasteiger partial charge in [-0.05, 0) is 53.2 Å². The predicted molar refractivity (Wildman–Crippen MR) is 85.5 cm³/mol. The Hall–Kier alpha value is -2.61. The molecule has 6 nitrogen and oxygen atoms in total. The van der Waals surface area contributed by atoms with E-state index in [1.165, 1.54) is 30.5 Å². The number of rotatable bonds is 4. The van der Waals surface area contributed by atoms with Crippen LogP contribution in [0, 0.1) is 5.82 Å². The second-order valence-electron chi connectivity index (χ2n) is 4.89. The van der Waals surface area contributed by atoms with E-state index in [1.807, 2.05) is 0 Å². The van der Waals surface area contributed by atoms with Gasteiger partial charge in [0.1, 0.15) is 5.82 Å². The van der Waals surface area contributed by atoms with Gasteiger partial charge in [-0.1, -0.05) is 0 Å². The molecular weight excluding hydrogens is 381 g/mol. The molecular formula is C16H11BrFN3O3. The summed E-state index contributed by atoms with van der Waals surface area (Å²) in [6, 6.07) is 7.23. The molecule has 0 bridgehead atoms. The Morgan fingerprint density at radius 1 is 1.25 bits per heavy atom. The first-order chi connectivity index (χ1) is 11.5. The quantitative estimate of drug-likeness (QED) is 0.626. The van der Waals surface area contributed by atoms with Crippen LogP contribution in [-0.4, -0.2) is 21.2 Å². The average Bonchev–Trinajstić information content (AvgIpc) is 3.05. The molecule has 122 valence electrons. The van der Waals surface area contributed by atoms with Crippen molar-refractivity contribution in [3.63, 3.8) is 0 Å². The first kappa shape index (κ1) is 16.3. The van der Waals surface area contributed by atoms with Gasteiger partial charge in [0.05, 0.1) is 5.56 Å². The van der Waals surface area contributed by atoms with Crippen molar-refractivity contribution < 1.29 is 18.3 Å². The number of esters is 1. The van der Waals surface area contributed by atoms with Crippen LogP contribution in [0.25, 0.3) is 11.5 Å². The van der Waals surface area contributed by atoms with Crippen LogP contribution in [0.1, 0.15) is 29.3 Å². The van der Waals surface area contributed by atoms with Crippen molar-refractivity contribution in [2.45, 2.75) is 13.0 Å². The van der Waals surface area contributed by atoms with Gasteiger partial charge >= 0.3 is 5.97 Å². The third kappa shape index (κ3) is 3.65. The summed E-state index contributed by atoms with van der Waals surface area (Å²) in [5.41, 5.74) is 0.874. The second kappa shape index (κ2) is 6.88. The van der Waals surface area contributed by atoms with Gasteiger partial charge in [0.25, 0.3) is 5.89 Å². The third-order valence-electron chi connectivity index (χ3n) is 3.10. The van der Waals surface area contributed by atoms with Gasteiger partial charge in [-0.2, -0.15) is 0 Å². The van der Waals surface area contributed by atoms with Crippen LogP contribution in [0.4, 0.5) is 4.39 Å². The van der Waals surface area contributed by atoms with Gasteiger partial charge in [0, 0.05) is 22.4 Å². The minimum Gasteiger partial charge on any atom is -0.449 e. The Morgan fingerprint density at radius 3 is 2.71 bits per heavy atom. The predicted octanol–water partition coefficient (Wildman–Crippen LogP) is 3.95. The molecule has 0 aliphatic heterocycles. The van der Waals surface area contributed by atoms with Gasteiger partial charge in [-0.25, -0.2) is 9.18 Å². The Labute approximate surface area is 144 Å². The zero-order chi connectivity index (χ0) is 17.1. The summed E-state index contributed by atoms with van der Waals surface area (Å²) < 4.78 is 24.4. The summed E-state index contributed by atoms with van der Waals surface area (Å²) in [5, 5.41) is 7.75. The molecule has 0 saturated carbocycles. The van der Waals surface area contributed by atoms with Crippen LogP contribution >= 0.6 is 15.9 Å². The lowest BCUT2D eigenvalue weighted by Crippen LogP contribution is -2.10. The Balaban J connectivity index is 1.73. The summed E-state index contributed by atoms with van der Waals surface area (Å²) >= 11 is 3.24. The van der Waals surface area contributed by atoms with Crippen LogP contribution in [0.3, 0.4) is 0 Å². The summed E-state index contributed by atoms with van der Waals surface area (Å²) in [6.45, 7) is 1.62.